The lowest BCUT2D eigenvalue weighted by atomic mass is 9.95. The van der Waals surface area contributed by atoms with Crippen molar-refractivity contribution in [3.63, 3.8) is 0 Å². The number of nitrogens with one attached hydrogen (secondary N) is 1. The second kappa shape index (κ2) is 7.91. The lowest BCUT2D eigenvalue weighted by Gasteiger charge is -2.43. The highest BCUT2D eigenvalue weighted by atomic mass is 32.2. The van der Waals surface area contributed by atoms with Gasteiger partial charge in [0.05, 0.1) is 11.2 Å². The van der Waals surface area contributed by atoms with Gasteiger partial charge in [0.25, 0.3) is 0 Å². The molecule has 0 spiro atoms. The van der Waals surface area contributed by atoms with Crippen LogP contribution in [0.3, 0.4) is 0 Å². The van der Waals surface area contributed by atoms with Crippen molar-refractivity contribution in [1.29, 1.82) is 0 Å². The number of benzene rings is 1. The van der Waals surface area contributed by atoms with Crippen molar-refractivity contribution in [2.45, 2.75) is 40.7 Å². The Balaban J connectivity index is 1.45. The lowest BCUT2D eigenvalue weighted by Crippen LogP contribution is -2.70. The molecular formula is C18H20N6O4S2. The molecule has 2 saturated heterocycles. The van der Waals surface area contributed by atoms with E-state index in [0.717, 1.165) is 5.56 Å². The summed E-state index contributed by atoms with van der Waals surface area (Å²) in [6, 6.07) is 7.53. The molecule has 158 valence electrons. The maximum Gasteiger partial charge on any atom is 0.327 e. The summed E-state index contributed by atoms with van der Waals surface area (Å²) in [5.74, 6) is -1.30. The number of aliphatic carboxylic acids is 1. The Morgan fingerprint density at radius 2 is 2.07 bits per heavy atom. The largest absolute Gasteiger partial charge is 0.480 e. The summed E-state index contributed by atoms with van der Waals surface area (Å²) < 4.78 is 0.748. The second-order valence-electron chi connectivity index (χ2n) is 7.39. The topological polar surface area (TPSA) is 130 Å². The van der Waals surface area contributed by atoms with Crippen LogP contribution < -0.4 is 5.32 Å². The third kappa shape index (κ3) is 3.65. The first-order chi connectivity index (χ1) is 14.3. The van der Waals surface area contributed by atoms with E-state index in [1.807, 2.05) is 37.3 Å². The van der Waals surface area contributed by atoms with Gasteiger partial charge < -0.3 is 15.3 Å². The quantitative estimate of drug-likeness (QED) is 0.449. The zero-order chi connectivity index (χ0) is 21.5. The summed E-state index contributed by atoms with van der Waals surface area (Å²) in [6.45, 7) is 1.82. The molecule has 0 radical (unpaired) electrons. The predicted molar refractivity (Wildman–Crippen MR) is 110 cm³/mol. The number of hydrogen-bond donors (Lipinski definition) is 2. The van der Waals surface area contributed by atoms with Crippen LogP contribution in [-0.2, 0) is 27.9 Å². The Hall–Kier alpha value is -2.60. The van der Waals surface area contributed by atoms with Gasteiger partial charge in [-0.2, -0.15) is 0 Å². The zero-order valence-corrected chi connectivity index (χ0v) is 17.9. The molecule has 2 amide bonds. The second-order valence-corrected chi connectivity index (χ2v) is 9.98. The highest BCUT2D eigenvalue weighted by Gasteiger charge is 2.65. The maximum atomic E-state index is 12.7. The number of rotatable bonds is 7. The Kier molecular flexibility index (Phi) is 5.45. The van der Waals surface area contributed by atoms with Crippen molar-refractivity contribution >= 4 is 41.3 Å². The molecule has 4 rings (SSSR count). The summed E-state index contributed by atoms with van der Waals surface area (Å²) in [7, 11) is 1.70. The standard InChI is InChI=1S/C18H20N6O4S2/c1-18(9-29-17-20-21-22-23(17)2)13(16(27)28)24-14(26)12(15(24)30-18)19-11(25)8-10-6-4-3-5-7-10/h3-7,12-13,15H,8-9H2,1-2H3,(H,19,25)(H,27,28)/t12?,13?,15-,18?/m0/s1. The van der Waals surface area contributed by atoms with Gasteiger partial charge in [0.2, 0.25) is 17.0 Å². The fourth-order valence-corrected chi connectivity index (χ4v) is 6.60. The van der Waals surface area contributed by atoms with E-state index in [4.69, 9.17) is 0 Å². The zero-order valence-electron chi connectivity index (χ0n) is 16.3. The molecule has 4 atom stereocenters. The van der Waals surface area contributed by atoms with Crippen LogP contribution in [0.5, 0.6) is 0 Å². The number of carbonyl (C=O) groups is 3. The molecular weight excluding hydrogens is 428 g/mol. The fraction of sp³-hybridized carbons (Fsp3) is 0.444. The number of nitrogens with zero attached hydrogens (tertiary/aromatic N) is 5. The number of β-lactam (4-membered cyclic amide) rings is 1. The molecule has 2 aromatic rings. The van der Waals surface area contributed by atoms with Gasteiger partial charge in [-0.15, -0.1) is 16.9 Å². The van der Waals surface area contributed by atoms with Crippen LogP contribution >= 0.6 is 23.5 Å². The molecule has 0 aliphatic carbocycles. The Bertz CT molecular complexity index is 986. The third-order valence-corrected chi connectivity index (χ3v) is 8.33. The molecule has 3 heterocycles. The van der Waals surface area contributed by atoms with E-state index in [-0.39, 0.29) is 18.2 Å². The number of carboxylic acids is 1. The van der Waals surface area contributed by atoms with Crippen molar-refractivity contribution in [3.05, 3.63) is 35.9 Å². The van der Waals surface area contributed by atoms with Gasteiger partial charge in [-0.05, 0) is 22.9 Å². The average molecular weight is 449 g/mol. The van der Waals surface area contributed by atoms with Crippen LogP contribution in [0.1, 0.15) is 12.5 Å². The molecule has 12 heteroatoms. The lowest BCUT2D eigenvalue weighted by molar-refractivity contribution is -0.161. The predicted octanol–water partition coefficient (Wildman–Crippen LogP) is 0.157. The van der Waals surface area contributed by atoms with Crippen LogP contribution in [0, 0.1) is 0 Å². The molecule has 2 N–H and O–H groups in total. The van der Waals surface area contributed by atoms with Crippen molar-refractivity contribution in [2.75, 3.05) is 5.75 Å². The SMILES string of the molecule is Cn1nnnc1SCC1(C)S[C@H]2C(NC(=O)Cc3ccccc3)C(=O)N2C1C(=O)O. The van der Waals surface area contributed by atoms with Gasteiger partial charge in [0.15, 0.2) is 0 Å². The number of aryl methyl sites for hydroxylation is 1. The van der Waals surface area contributed by atoms with Gasteiger partial charge in [-0.3, -0.25) is 9.59 Å². The van der Waals surface area contributed by atoms with Gasteiger partial charge >= 0.3 is 5.97 Å². The maximum absolute atomic E-state index is 12.7. The summed E-state index contributed by atoms with van der Waals surface area (Å²) in [5, 5.41) is 24.0. The van der Waals surface area contributed by atoms with Crippen molar-refractivity contribution in [1.82, 2.24) is 30.4 Å². The van der Waals surface area contributed by atoms with Crippen LogP contribution in [0.15, 0.2) is 35.5 Å². The van der Waals surface area contributed by atoms with Crippen molar-refractivity contribution in [3.8, 4) is 0 Å². The number of hydrogen-bond acceptors (Lipinski definition) is 8. The fourth-order valence-electron chi connectivity index (χ4n) is 3.70. The van der Waals surface area contributed by atoms with Crippen LogP contribution in [0.2, 0.25) is 0 Å². The highest BCUT2D eigenvalue weighted by molar-refractivity contribution is 8.04. The molecule has 1 aromatic carbocycles. The van der Waals surface area contributed by atoms with Crippen molar-refractivity contribution in [2.24, 2.45) is 7.05 Å². The summed E-state index contributed by atoms with van der Waals surface area (Å²) in [6.07, 6.45) is 0.163. The van der Waals surface area contributed by atoms with Crippen molar-refractivity contribution < 1.29 is 19.5 Å². The number of amides is 2. The summed E-state index contributed by atoms with van der Waals surface area (Å²) in [5.41, 5.74) is 0.847. The van der Waals surface area contributed by atoms with E-state index in [1.165, 1.54) is 33.1 Å². The van der Waals surface area contributed by atoms with E-state index in [0.29, 0.717) is 10.9 Å². The normalized spacial score (nSPS) is 27.5. The summed E-state index contributed by atoms with van der Waals surface area (Å²) in [4.78, 5) is 38.5. The number of thioether (sulfide) groups is 2. The van der Waals surface area contributed by atoms with E-state index in [9.17, 15) is 19.5 Å². The number of aromatic nitrogens is 4. The molecule has 2 fully saturated rings. The minimum Gasteiger partial charge on any atom is -0.480 e. The minimum absolute atomic E-state index is 0.163. The minimum atomic E-state index is -1.06. The smallest absolute Gasteiger partial charge is 0.327 e. The molecule has 2 aliphatic rings. The third-order valence-electron chi connectivity index (χ3n) is 5.15. The number of carbonyl (C=O) groups excluding carboxylic acids is 2. The van der Waals surface area contributed by atoms with Gasteiger partial charge in [0.1, 0.15) is 17.5 Å². The number of tetrazole rings is 1. The molecule has 1 aromatic heterocycles. The summed E-state index contributed by atoms with van der Waals surface area (Å²) >= 11 is 2.74. The Morgan fingerprint density at radius 1 is 1.33 bits per heavy atom. The number of fused-ring (bicyclic) bond motifs is 1. The van der Waals surface area contributed by atoms with Crippen LogP contribution in [0.4, 0.5) is 0 Å². The monoisotopic (exact) mass is 448 g/mol. The molecule has 3 unspecified atom stereocenters. The van der Waals surface area contributed by atoms with Gasteiger partial charge in [-0.1, -0.05) is 42.1 Å². The van der Waals surface area contributed by atoms with Crippen LogP contribution in [0.25, 0.3) is 0 Å². The first-order valence-electron chi connectivity index (χ1n) is 9.21. The van der Waals surface area contributed by atoms with E-state index < -0.39 is 28.2 Å². The highest BCUT2D eigenvalue weighted by Crippen LogP contribution is 2.52. The van der Waals surface area contributed by atoms with E-state index >= 15 is 0 Å². The average Bonchev–Trinajstić information content (AvgIpc) is 3.24. The van der Waals surface area contributed by atoms with Gasteiger partial charge in [0, 0.05) is 12.8 Å². The number of carboxylic acid groups (broad SMARTS) is 1. The van der Waals surface area contributed by atoms with Gasteiger partial charge in [-0.25, -0.2) is 9.48 Å². The first kappa shape index (κ1) is 20.7. The molecule has 2 aliphatic heterocycles. The molecule has 0 saturated carbocycles. The molecule has 0 bridgehead atoms. The molecule has 10 nitrogen and oxygen atoms in total. The first-order valence-corrected chi connectivity index (χ1v) is 11.1. The van der Waals surface area contributed by atoms with E-state index in [1.54, 1.807) is 7.05 Å². The molecule has 30 heavy (non-hydrogen) atoms. The Morgan fingerprint density at radius 3 is 2.70 bits per heavy atom. The Labute approximate surface area is 180 Å². The van der Waals surface area contributed by atoms with Crippen LogP contribution in [-0.4, -0.2) is 76.0 Å². The van der Waals surface area contributed by atoms with E-state index in [2.05, 4.69) is 20.8 Å².